The Bertz CT molecular complexity index is 585. The van der Waals surface area contributed by atoms with Crippen molar-refractivity contribution in [2.45, 2.75) is 32.5 Å². The van der Waals surface area contributed by atoms with Gasteiger partial charge in [-0.25, -0.2) is 9.18 Å². The average Bonchev–Trinajstić information content (AvgIpc) is 2.57. The molecule has 3 N–H and O–H groups in total. The average molecular weight is 368 g/mol. The molecular weight excluding hydrogens is 339 g/mol. The van der Waals surface area contributed by atoms with Gasteiger partial charge in [-0.2, -0.15) is 0 Å². The second kappa shape index (κ2) is 10.6. The summed E-state index contributed by atoms with van der Waals surface area (Å²) < 4.78 is 23.6. The highest BCUT2D eigenvalue weighted by molar-refractivity contribution is 5.79. The van der Waals surface area contributed by atoms with E-state index in [1.54, 1.807) is 26.3 Å². The normalized spacial score (nSPS) is 13.1. The third kappa shape index (κ3) is 8.66. The number of hydrogen-bond donors (Lipinski definition) is 3. The first-order valence-electron chi connectivity index (χ1n) is 8.45. The van der Waals surface area contributed by atoms with Crippen LogP contribution in [0.4, 0.5) is 9.18 Å². The predicted octanol–water partition coefficient (Wildman–Crippen LogP) is 2.20. The highest BCUT2D eigenvalue weighted by atomic mass is 19.1. The van der Waals surface area contributed by atoms with Gasteiger partial charge in [0.05, 0.1) is 6.10 Å². The Hall–Kier alpha value is -2.35. The molecule has 0 saturated heterocycles. The first-order chi connectivity index (χ1) is 12.2. The monoisotopic (exact) mass is 368 g/mol. The van der Waals surface area contributed by atoms with Crippen molar-refractivity contribution in [3.63, 3.8) is 0 Å². The predicted molar refractivity (Wildman–Crippen MR) is 99.8 cm³/mol. The molecule has 0 aliphatic heterocycles. The minimum atomic E-state index is -0.523. The minimum absolute atomic E-state index is 0.242. The van der Waals surface area contributed by atoms with Crippen LogP contribution in [0.5, 0.6) is 0 Å². The van der Waals surface area contributed by atoms with E-state index in [1.807, 2.05) is 20.8 Å². The number of alkyl carbamates (subject to hydrolysis) is 1. The molecule has 1 amide bonds. The molecule has 26 heavy (non-hydrogen) atoms. The molecule has 146 valence electrons. The van der Waals surface area contributed by atoms with E-state index in [-0.39, 0.29) is 11.9 Å². The van der Waals surface area contributed by atoms with Crippen molar-refractivity contribution in [1.29, 1.82) is 0 Å². The first kappa shape index (κ1) is 21.7. The second-order valence-electron chi connectivity index (χ2n) is 6.58. The second-order valence-corrected chi connectivity index (χ2v) is 6.58. The SMILES string of the molecule is CN=C(NCCNC(=O)OC(C)(C)C)NCC(OC)c1ccc(F)cc1. The third-order valence-corrected chi connectivity index (χ3v) is 3.29. The molecule has 0 saturated carbocycles. The number of halogens is 1. The molecule has 1 aromatic rings. The van der Waals surface area contributed by atoms with Crippen molar-refractivity contribution in [2.24, 2.45) is 4.99 Å². The number of benzene rings is 1. The lowest BCUT2D eigenvalue weighted by molar-refractivity contribution is 0.0529. The first-order valence-corrected chi connectivity index (χ1v) is 8.45. The molecule has 1 aromatic carbocycles. The van der Waals surface area contributed by atoms with E-state index in [2.05, 4.69) is 20.9 Å². The number of rotatable bonds is 7. The number of ether oxygens (including phenoxy) is 2. The van der Waals surface area contributed by atoms with Crippen LogP contribution in [-0.4, -0.2) is 51.4 Å². The van der Waals surface area contributed by atoms with Gasteiger partial charge in [0.2, 0.25) is 0 Å². The molecule has 0 fully saturated rings. The fourth-order valence-electron chi connectivity index (χ4n) is 2.08. The summed E-state index contributed by atoms with van der Waals surface area (Å²) in [4.78, 5) is 15.7. The number of methoxy groups -OCH3 is 1. The Balaban J connectivity index is 2.36. The molecule has 0 spiro atoms. The molecule has 0 heterocycles. The summed E-state index contributed by atoms with van der Waals surface area (Å²) in [7, 11) is 3.24. The number of nitrogens with zero attached hydrogens (tertiary/aromatic N) is 1. The van der Waals surface area contributed by atoms with Crippen molar-refractivity contribution in [2.75, 3.05) is 33.8 Å². The van der Waals surface area contributed by atoms with Crippen LogP contribution in [0.2, 0.25) is 0 Å². The Morgan fingerprint density at radius 2 is 1.77 bits per heavy atom. The van der Waals surface area contributed by atoms with Crippen LogP contribution in [0, 0.1) is 5.82 Å². The largest absolute Gasteiger partial charge is 0.444 e. The molecule has 0 aromatic heterocycles. The molecule has 0 aliphatic carbocycles. The van der Waals surface area contributed by atoms with E-state index in [4.69, 9.17) is 9.47 Å². The Morgan fingerprint density at radius 1 is 1.15 bits per heavy atom. The van der Waals surface area contributed by atoms with Crippen LogP contribution in [-0.2, 0) is 9.47 Å². The standard InChI is InChI=1S/C18H29FN4O3/c1-18(2,3)26-17(24)22-11-10-21-16(20-4)23-12-15(25-5)13-6-8-14(19)9-7-13/h6-9,15H,10-12H2,1-5H3,(H,22,24)(H2,20,21,23). The van der Waals surface area contributed by atoms with Gasteiger partial charge in [-0.05, 0) is 38.5 Å². The van der Waals surface area contributed by atoms with Gasteiger partial charge in [-0.1, -0.05) is 12.1 Å². The summed E-state index contributed by atoms with van der Waals surface area (Å²) in [5, 5.41) is 8.88. The topological polar surface area (TPSA) is 84.0 Å². The maximum absolute atomic E-state index is 13.0. The molecule has 0 bridgehead atoms. The highest BCUT2D eigenvalue weighted by Crippen LogP contribution is 2.16. The van der Waals surface area contributed by atoms with Crippen molar-refractivity contribution in [3.05, 3.63) is 35.6 Å². The molecule has 0 radical (unpaired) electrons. The molecule has 8 heteroatoms. The number of carbonyl (C=O) groups is 1. The maximum Gasteiger partial charge on any atom is 0.407 e. The molecular formula is C18H29FN4O3. The molecule has 1 atom stereocenters. The van der Waals surface area contributed by atoms with Gasteiger partial charge in [0.1, 0.15) is 11.4 Å². The van der Waals surface area contributed by atoms with E-state index in [0.717, 1.165) is 5.56 Å². The highest BCUT2D eigenvalue weighted by Gasteiger charge is 2.15. The maximum atomic E-state index is 13.0. The summed E-state index contributed by atoms with van der Waals surface area (Å²) in [6, 6.07) is 6.17. The van der Waals surface area contributed by atoms with E-state index in [0.29, 0.717) is 25.6 Å². The van der Waals surface area contributed by atoms with Gasteiger partial charge in [0, 0.05) is 33.8 Å². The number of guanidine groups is 1. The quantitative estimate of drug-likeness (QED) is 0.390. The van der Waals surface area contributed by atoms with Gasteiger partial charge >= 0.3 is 6.09 Å². The van der Waals surface area contributed by atoms with Gasteiger partial charge in [0.15, 0.2) is 5.96 Å². The van der Waals surface area contributed by atoms with Crippen LogP contribution in [0.3, 0.4) is 0 Å². The smallest absolute Gasteiger partial charge is 0.407 e. The zero-order valence-electron chi connectivity index (χ0n) is 16.1. The van der Waals surface area contributed by atoms with Crippen LogP contribution in [0.15, 0.2) is 29.3 Å². The van der Waals surface area contributed by atoms with E-state index < -0.39 is 11.7 Å². The fourth-order valence-corrected chi connectivity index (χ4v) is 2.08. The van der Waals surface area contributed by atoms with Gasteiger partial charge in [0.25, 0.3) is 0 Å². The molecule has 1 rings (SSSR count). The van der Waals surface area contributed by atoms with E-state index in [1.165, 1.54) is 12.1 Å². The van der Waals surface area contributed by atoms with Crippen LogP contribution >= 0.6 is 0 Å². The molecule has 7 nitrogen and oxygen atoms in total. The van der Waals surface area contributed by atoms with Crippen molar-refractivity contribution < 1.29 is 18.7 Å². The van der Waals surface area contributed by atoms with E-state index in [9.17, 15) is 9.18 Å². The minimum Gasteiger partial charge on any atom is -0.444 e. The Morgan fingerprint density at radius 3 is 2.31 bits per heavy atom. The summed E-state index contributed by atoms with van der Waals surface area (Å²) in [5.41, 5.74) is 0.341. The van der Waals surface area contributed by atoms with Gasteiger partial charge in [-0.15, -0.1) is 0 Å². The molecule has 0 aliphatic rings. The van der Waals surface area contributed by atoms with Crippen LogP contribution < -0.4 is 16.0 Å². The van der Waals surface area contributed by atoms with Crippen LogP contribution in [0.25, 0.3) is 0 Å². The fraction of sp³-hybridized carbons (Fsp3) is 0.556. The lowest BCUT2D eigenvalue weighted by atomic mass is 10.1. The van der Waals surface area contributed by atoms with Crippen molar-refractivity contribution in [3.8, 4) is 0 Å². The lowest BCUT2D eigenvalue weighted by Gasteiger charge is -2.20. The molecule has 1 unspecified atom stereocenters. The number of nitrogens with one attached hydrogen (secondary N) is 3. The number of carbonyl (C=O) groups excluding carboxylic acids is 1. The zero-order chi connectivity index (χ0) is 19.6. The van der Waals surface area contributed by atoms with Crippen molar-refractivity contribution >= 4 is 12.1 Å². The Kier molecular flexibility index (Phi) is 8.84. The Labute approximate surface area is 154 Å². The summed E-state index contributed by atoms with van der Waals surface area (Å²) >= 11 is 0. The van der Waals surface area contributed by atoms with Crippen LogP contribution in [0.1, 0.15) is 32.4 Å². The summed E-state index contributed by atoms with van der Waals surface area (Å²) in [6.45, 7) is 6.76. The van der Waals surface area contributed by atoms with E-state index >= 15 is 0 Å². The third-order valence-electron chi connectivity index (χ3n) is 3.29. The van der Waals surface area contributed by atoms with Gasteiger partial charge < -0.3 is 25.4 Å². The lowest BCUT2D eigenvalue weighted by Crippen LogP contribution is -2.43. The number of amides is 1. The summed E-state index contributed by atoms with van der Waals surface area (Å²) in [5.74, 6) is 0.284. The van der Waals surface area contributed by atoms with Crippen molar-refractivity contribution in [1.82, 2.24) is 16.0 Å². The zero-order valence-corrected chi connectivity index (χ0v) is 16.1. The van der Waals surface area contributed by atoms with Gasteiger partial charge in [-0.3, -0.25) is 4.99 Å². The summed E-state index contributed by atoms with van der Waals surface area (Å²) in [6.07, 6.45) is -0.702. The number of hydrogen-bond acceptors (Lipinski definition) is 4. The number of aliphatic imine (C=N–C) groups is 1.